The van der Waals surface area contributed by atoms with Gasteiger partial charge in [0.1, 0.15) is 17.2 Å². The van der Waals surface area contributed by atoms with Crippen molar-refractivity contribution in [2.75, 3.05) is 0 Å². The molecule has 0 unspecified atom stereocenters. The Morgan fingerprint density at radius 3 is 1.88 bits per heavy atom. The van der Waals surface area contributed by atoms with Crippen LogP contribution in [-0.2, 0) is 0 Å². The summed E-state index contributed by atoms with van der Waals surface area (Å²) in [6, 6.07) is 12.0. The fraction of sp³-hybridized carbons (Fsp3) is 0. The molecule has 0 amide bonds. The first-order valence-corrected chi connectivity index (χ1v) is 4.86. The number of phenols is 1. The maximum atomic E-state index is 10.4. The molecule has 0 saturated heterocycles. The highest BCUT2D eigenvalue weighted by molar-refractivity contribution is 5.39. The van der Waals surface area contributed by atoms with Crippen LogP contribution in [0.25, 0.3) is 0 Å². The molecule has 0 aromatic heterocycles. The number of ether oxygens (including phenoxy) is 1. The summed E-state index contributed by atoms with van der Waals surface area (Å²) in [6.07, 6.45) is 0. The van der Waals surface area contributed by atoms with Crippen LogP contribution in [0.3, 0.4) is 0 Å². The number of non-ortho nitro benzene ring substituents is 1. The molecular weight excluding hydrogens is 222 g/mol. The predicted octanol–water partition coefficient (Wildman–Crippen LogP) is 3.09. The molecule has 5 nitrogen and oxygen atoms in total. The number of benzene rings is 2. The van der Waals surface area contributed by atoms with Gasteiger partial charge in [0, 0.05) is 12.1 Å². The second-order valence-corrected chi connectivity index (χ2v) is 3.35. The molecule has 0 heterocycles. The molecule has 86 valence electrons. The average molecular weight is 231 g/mol. The zero-order valence-electron chi connectivity index (χ0n) is 8.74. The van der Waals surface area contributed by atoms with Crippen molar-refractivity contribution < 1.29 is 14.8 Å². The monoisotopic (exact) mass is 231 g/mol. The van der Waals surface area contributed by atoms with E-state index in [0.29, 0.717) is 11.5 Å². The molecule has 0 aliphatic rings. The normalized spacial score (nSPS) is 9.88. The molecule has 0 spiro atoms. The zero-order valence-corrected chi connectivity index (χ0v) is 8.74. The number of rotatable bonds is 3. The van der Waals surface area contributed by atoms with Gasteiger partial charge in [-0.15, -0.1) is 0 Å². The summed E-state index contributed by atoms with van der Waals surface area (Å²) in [5, 5.41) is 19.5. The summed E-state index contributed by atoms with van der Waals surface area (Å²) < 4.78 is 5.43. The van der Waals surface area contributed by atoms with Gasteiger partial charge in [-0.2, -0.15) is 0 Å². The molecule has 0 bridgehead atoms. The molecule has 0 aliphatic heterocycles. The van der Waals surface area contributed by atoms with Crippen molar-refractivity contribution in [2.24, 2.45) is 0 Å². The Bertz CT molecular complexity index is 519. The van der Waals surface area contributed by atoms with Gasteiger partial charge in [-0.3, -0.25) is 10.1 Å². The highest BCUT2D eigenvalue weighted by Crippen LogP contribution is 2.24. The van der Waals surface area contributed by atoms with Crippen LogP contribution < -0.4 is 4.74 Å². The Hall–Kier alpha value is -2.56. The molecule has 0 fully saturated rings. The van der Waals surface area contributed by atoms with E-state index in [-0.39, 0.29) is 11.4 Å². The Labute approximate surface area is 97.0 Å². The molecule has 2 aromatic rings. The van der Waals surface area contributed by atoms with Crippen molar-refractivity contribution >= 4 is 5.69 Å². The first kappa shape index (κ1) is 10.9. The van der Waals surface area contributed by atoms with E-state index in [1.54, 1.807) is 12.1 Å². The molecule has 5 heteroatoms. The predicted molar refractivity (Wildman–Crippen MR) is 61.3 cm³/mol. The van der Waals surface area contributed by atoms with Crippen molar-refractivity contribution in [3.63, 3.8) is 0 Å². The third-order valence-electron chi connectivity index (χ3n) is 2.12. The maximum absolute atomic E-state index is 10.4. The third-order valence-corrected chi connectivity index (χ3v) is 2.12. The summed E-state index contributed by atoms with van der Waals surface area (Å²) in [5.74, 6) is 1.21. The van der Waals surface area contributed by atoms with Gasteiger partial charge < -0.3 is 9.84 Å². The maximum Gasteiger partial charge on any atom is 0.269 e. The molecular formula is C12H9NO4. The highest BCUT2D eigenvalue weighted by Gasteiger charge is 2.04. The standard InChI is InChI=1S/C12H9NO4/c14-10-3-7-12(8-4-10)17-11-5-1-9(2-6-11)13(15)16/h1-8,14H. The van der Waals surface area contributed by atoms with E-state index in [4.69, 9.17) is 9.84 Å². The fourth-order valence-electron chi connectivity index (χ4n) is 1.29. The topological polar surface area (TPSA) is 72.6 Å². The van der Waals surface area contributed by atoms with Crippen LogP contribution in [0.15, 0.2) is 48.5 Å². The lowest BCUT2D eigenvalue weighted by Gasteiger charge is -2.04. The van der Waals surface area contributed by atoms with Crippen LogP contribution in [0.2, 0.25) is 0 Å². The van der Waals surface area contributed by atoms with Crippen LogP contribution in [0.5, 0.6) is 17.2 Å². The smallest absolute Gasteiger partial charge is 0.269 e. The van der Waals surface area contributed by atoms with Crippen molar-refractivity contribution in [3.05, 3.63) is 58.6 Å². The van der Waals surface area contributed by atoms with Gasteiger partial charge in [0.25, 0.3) is 5.69 Å². The van der Waals surface area contributed by atoms with Crippen LogP contribution >= 0.6 is 0 Å². The van der Waals surface area contributed by atoms with Gasteiger partial charge in [-0.05, 0) is 36.4 Å². The van der Waals surface area contributed by atoms with Gasteiger partial charge in [-0.1, -0.05) is 0 Å². The number of hydrogen-bond acceptors (Lipinski definition) is 4. The van der Waals surface area contributed by atoms with E-state index in [1.165, 1.54) is 36.4 Å². The largest absolute Gasteiger partial charge is 0.508 e. The van der Waals surface area contributed by atoms with E-state index in [1.807, 2.05) is 0 Å². The second kappa shape index (κ2) is 4.52. The molecule has 0 aliphatic carbocycles. The van der Waals surface area contributed by atoms with E-state index in [9.17, 15) is 10.1 Å². The number of hydrogen-bond donors (Lipinski definition) is 1. The number of aromatic hydroxyl groups is 1. The highest BCUT2D eigenvalue weighted by atomic mass is 16.6. The second-order valence-electron chi connectivity index (χ2n) is 3.35. The summed E-state index contributed by atoms with van der Waals surface area (Å²) in [6.45, 7) is 0. The van der Waals surface area contributed by atoms with E-state index >= 15 is 0 Å². The molecule has 2 rings (SSSR count). The fourth-order valence-corrected chi connectivity index (χ4v) is 1.29. The van der Waals surface area contributed by atoms with Crippen LogP contribution in [0.1, 0.15) is 0 Å². The van der Waals surface area contributed by atoms with Gasteiger partial charge >= 0.3 is 0 Å². The Kier molecular flexibility index (Phi) is 2.91. The quantitative estimate of drug-likeness (QED) is 0.650. The Morgan fingerprint density at radius 1 is 0.941 bits per heavy atom. The van der Waals surface area contributed by atoms with E-state index in [0.717, 1.165) is 0 Å². The minimum absolute atomic E-state index is 0.0167. The number of nitro groups is 1. The van der Waals surface area contributed by atoms with Gasteiger partial charge in [0.05, 0.1) is 4.92 Å². The first-order valence-electron chi connectivity index (χ1n) is 4.86. The minimum Gasteiger partial charge on any atom is -0.508 e. The Balaban J connectivity index is 2.13. The number of nitrogens with zero attached hydrogens (tertiary/aromatic N) is 1. The SMILES string of the molecule is O=[N+]([O-])c1ccc(Oc2ccc(O)cc2)cc1. The summed E-state index contributed by atoms with van der Waals surface area (Å²) in [7, 11) is 0. The lowest BCUT2D eigenvalue weighted by atomic mass is 10.3. The van der Waals surface area contributed by atoms with Crippen LogP contribution in [0, 0.1) is 10.1 Å². The first-order chi connectivity index (χ1) is 8.15. The van der Waals surface area contributed by atoms with Gasteiger partial charge in [-0.25, -0.2) is 0 Å². The van der Waals surface area contributed by atoms with Crippen molar-refractivity contribution in [1.82, 2.24) is 0 Å². The molecule has 0 radical (unpaired) electrons. The summed E-state index contributed by atoms with van der Waals surface area (Å²) in [5.41, 5.74) is 0.0167. The summed E-state index contributed by atoms with van der Waals surface area (Å²) >= 11 is 0. The van der Waals surface area contributed by atoms with Crippen molar-refractivity contribution in [2.45, 2.75) is 0 Å². The third kappa shape index (κ3) is 2.72. The van der Waals surface area contributed by atoms with E-state index < -0.39 is 4.92 Å². The van der Waals surface area contributed by atoms with Crippen LogP contribution in [-0.4, -0.2) is 10.0 Å². The lowest BCUT2D eigenvalue weighted by molar-refractivity contribution is -0.384. The lowest BCUT2D eigenvalue weighted by Crippen LogP contribution is -1.88. The molecule has 2 aromatic carbocycles. The average Bonchev–Trinajstić information content (AvgIpc) is 2.33. The molecule has 0 atom stereocenters. The van der Waals surface area contributed by atoms with Gasteiger partial charge in [0.15, 0.2) is 0 Å². The van der Waals surface area contributed by atoms with Crippen molar-refractivity contribution in [1.29, 1.82) is 0 Å². The van der Waals surface area contributed by atoms with Crippen LogP contribution in [0.4, 0.5) is 5.69 Å². The number of nitro benzene ring substituents is 1. The molecule has 17 heavy (non-hydrogen) atoms. The number of phenolic OH excluding ortho intramolecular Hbond substituents is 1. The van der Waals surface area contributed by atoms with E-state index in [2.05, 4.69) is 0 Å². The molecule has 0 saturated carbocycles. The Morgan fingerprint density at radius 2 is 1.41 bits per heavy atom. The summed E-state index contributed by atoms with van der Waals surface area (Å²) in [4.78, 5) is 9.98. The molecule has 1 N–H and O–H groups in total. The minimum atomic E-state index is -0.468. The van der Waals surface area contributed by atoms with Crippen molar-refractivity contribution in [3.8, 4) is 17.2 Å². The van der Waals surface area contributed by atoms with Gasteiger partial charge in [0.2, 0.25) is 0 Å². The zero-order chi connectivity index (χ0) is 12.3.